The summed E-state index contributed by atoms with van der Waals surface area (Å²) in [6.07, 6.45) is 7.56. The summed E-state index contributed by atoms with van der Waals surface area (Å²) in [7, 11) is 1.55. The Kier molecular flexibility index (Phi) is 4.04. The second kappa shape index (κ2) is 6.07. The maximum absolute atomic E-state index is 11.9. The smallest absolute Gasteiger partial charge is 0.343 e. The second-order valence-electron chi connectivity index (χ2n) is 9.25. The van der Waals surface area contributed by atoms with E-state index in [9.17, 15) is 9.90 Å². The van der Waals surface area contributed by atoms with Crippen LogP contribution in [0.2, 0.25) is 0 Å². The van der Waals surface area contributed by atoms with E-state index in [1.165, 1.54) is 12.8 Å². The number of carbonyl (C=O) groups is 1. The number of hydrogen-bond donors (Lipinski definition) is 1. The molecule has 6 nitrogen and oxygen atoms in total. The van der Waals surface area contributed by atoms with Crippen molar-refractivity contribution in [2.75, 3.05) is 13.7 Å². The van der Waals surface area contributed by atoms with Crippen molar-refractivity contribution < 1.29 is 24.1 Å². The van der Waals surface area contributed by atoms with Gasteiger partial charge in [0.25, 0.3) is 0 Å². The maximum Gasteiger partial charge on any atom is 0.343 e. The summed E-state index contributed by atoms with van der Waals surface area (Å²) in [5, 5.41) is 11.8. The Morgan fingerprint density at radius 3 is 2.96 bits per heavy atom. The van der Waals surface area contributed by atoms with Crippen LogP contribution in [-0.4, -0.2) is 53.1 Å². The molecule has 5 aliphatic rings. The molecule has 0 spiro atoms. The van der Waals surface area contributed by atoms with Crippen LogP contribution in [0.4, 0.5) is 0 Å². The Balaban J connectivity index is 1.48. The number of methoxy groups -OCH3 is 1. The fourth-order valence-electron chi connectivity index (χ4n) is 7.19. The lowest BCUT2D eigenvalue weighted by molar-refractivity contribution is -0.280. The Morgan fingerprint density at radius 1 is 1.46 bits per heavy atom. The van der Waals surface area contributed by atoms with Crippen molar-refractivity contribution in [3.05, 3.63) is 23.2 Å². The number of carbonyl (C=O) groups excluding carboxylic acids is 1. The Labute approximate surface area is 166 Å². The molecule has 0 aromatic carbocycles. The highest BCUT2D eigenvalue weighted by Crippen LogP contribution is 2.68. The minimum absolute atomic E-state index is 0.000162. The van der Waals surface area contributed by atoms with Gasteiger partial charge in [-0.1, -0.05) is 26.7 Å². The van der Waals surface area contributed by atoms with Gasteiger partial charge in [0.05, 0.1) is 24.3 Å². The summed E-state index contributed by atoms with van der Waals surface area (Å²) in [4.78, 5) is 14.6. The number of ether oxygens (including phenoxy) is 3. The number of unbranched alkanes of at least 4 members (excludes halogenated alkanes) is 1. The molecule has 0 aliphatic carbocycles. The standard InChI is InChI=1S/C22H31NO5/c1-5-6-8-21-16-7-9-23(21)14-11-17(21)28-22(16,25)18(14)12(2)10-15-19(26-4)13(3)20(24)27-15/h10,12,14,16-18,25H,5-9,11H2,1-4H3/b15-10+/t12-,14+,16+,17-,18-,21+,22-/m1/s1. The normalized spacial score (nSPS) is 48.1. The van der Waals surface area contributed by atoms with E-state index in [1.54, 1.807) is 14.0 Å². The molecule has 28 heavy (non-hydrogen) atoms. The Hall–Kier alpha value is -1.37. The molecule has 5 rings (SSSR count). The molecule has 1 N–H and O–H groups in total. The van der Waals surface area contributed by atoms with Crippen molar-refractivity contribution in [2.45, 2.75) is 76.3 Å². The van der Waals surface area contributed by atoms with Crippen LogP contribution in [0.5, 0.6) is 0 Å². The number of esters is 1. The summed E-state index contributed by atoms with van der Waals surface area (Å²) in [6, 6.07) is 0.319. The van der Waals surface area contributed by atoms with E-state index < -0.39 is 5.79 Å². The van der Waals surface area contributed by atoms with E-state index in [0.717, 1.165) is 25.8 Å². The molecular weight excluding hydrogens is 358 g/mol. The summed E-state index contributed by atoms with van der Waals surface area (Å²) in [5.41, 5.74) is 0.527. The Bertz CT molecular complexity index is 775. The average molecular weight is 389 g/mol. The molecule has 1 unspecified atom stereocenters. The number of cyclic esters (lactones) is 1. The number of rotatable bonds is 6. The summed E-state index contributed by atoms with van der Waals surface area (Å²) in [5.74, 6) is -0.329. The van der Waals surface area contributed by atoms with Gasteiger partial charge in [-0.05, 0) is 44.7 Å². The van der Waals surface area contributed by atoms with Crippen LogP contribution in [0.1, 0.15) is 52.9 Å². The van der Waals surface area contributed by atoms with Crippen LogP contribution in [0.15, 0.2) is 23.2 Å². The molecule has 0 amide bonds. The monoisotopic (exact) mass is 389 g/mol. The molecule has 6 heteroatoms. The number of allylic oxidation sites excluding steroid dienone is 1. The van der Waals surface area contributed by atoms with Crippen LogP contribution < -0.4 is 0 Å². The fraction of sp³-hybridized carbons (Fsp3) is 0.773. The van der Waals surface area contributed by atoms with Crippen LogP contribution in [0.25, 0.3) is 0 Å². The molecule has 0 saturated carbocycles. The van der Waals surface area contributed by atoms with Gasteiger partial charge >= 0.3 is 5.97 Å². The van der Waals surface area contributed by atoms with Crippen molar-refractivity contribution in [1.29, 1.82) is 0 Å². The minimum atomic E-state index is -1.08. The zero-order chi connectivity index (χ0) is 19.8. The van der Waals surface area contributed by atoms with Gasteiger partial charge in [0, 0.05) is 17.9 Å². The van der Waals surface area contributed by atoms with E-state index in [-0.39, 0.29) is 35.4 Å². The van der Waals surface area contributed by atoms with Crippen LogP contribution >= 0.6 is 0 Å². The number of piperidine rings is 1. The van der Waals surface area contributed by atoms with E-state index in [1.807, 2.05) is 6.08 Å². The first-order valence-electron chi connectivity index (χ1n) is 10.7. The van der Waals surface area contributed by atoms with E-state index in [4.69, 9.17) is 14.2 Å². The molecule has 4 fully saturated rings. The first kappa shape index (κ1) is 18.6. The van der Waals surface area contributed by atoms with Crippen molar-refractivity contribution in [3.63, 3.8) is 0 Å². The summed E-state index contributed by atoms with van der Waals surface area (Å²) < 4.78 is 17.2. The minimum Gasteiger partial charge on any atom is -0.492 e. The second-order valence-corrected chi connectivity index (χ2v) is 9.25. The highest BCUT2D eigenvalue weighted by Gasteiger charge is 2.80. The lowest BCUT2D eigenvalue weighted by Crippen LogP contribution is -2.63. The van der Waals surface area contributed by atoms with Crippen LogP contribution in [-0.2, 0) is 19.0 Å². The van der Waals surface area contributed by atoms with E-state index >= 15 is 0 Å². The highest BCUT2D eigenvalue weighted by atomic mass is 16.6. The predicted molar refractivity (Wildman–Crippen MR) is 102 cm³/mol. The zero-order valence-corrected chi connectivity index (χ0v) is 17.2. The molecule has 0 aromatic rings. The molecule has 5 aliphatic heterocycles. The zero-order valence-electron chi connectivity index (χ0n) is 17.2. The molecule has 0 aromatic heterocycles. The van der Waals surface area contributed by atoms with Gasteiger partial charge in [-0.3, -0.25) is 4.90 Å². The fourth-order valence-corrected chi connectivity index (χ4v) is 7.19. The SMILES string of the molecule is CCCC[C@@]12[C@@H]3CCN1[C@H]1C[C@H]2O[C@@]3(O)[C@@H]1[C@H](C)/C=C1/OC(=O)C(C)=C1OC. The first-order chi connectivity index (χ1) is 13.4. The van der Waals surface area contributed by atoms with Crippen molar-refractivity contribution in [1.82, 2.24) is 4.90 Å². The van der Waals surface area contributed by atoms with Crippen molar-refractivity contribution in [2.24, 2.45) is 17.8 Å². The van der Waals surface area contributed by atoms with E-state index in [0.29, 0.717) is 23.1 Å². The van der Waals surface area contributed by atoms with Gasteiger partial charge in [-0.2, -0.15) is 0 Å². The van der Waals surface area contributed by atoms with Crippen LogP contribution in [0, 0.1) is 17.8 Å². The van der Waals surface area contributed by atoms with Crippen molar-refractivity contribution in [3.8, 4) is 0 Å². The lowest BCUT2D eigenvalue weighted by Gasteiger charge is -2.51. The number of nitrogens with zero attached hydrogens (tertiary/aromatic N) is 1. The van der Waals surface area contributed by atoms with Gasteiger partial charge in [-0.15, -0.1) is 0 Å². The van der Waals surface area contributed by atoms with Crippen LogP contribution in [0.3, 0.4) is 0 Å². The van der Waals surface area contributed by atoms with Gasteiger partial charge < -0.3 is 19.3 Å². The van der Waals surface area contributed by atoms with Gasteiger partial charge in [0.2, 0.25) is 0 Å². The number of aliphatic hydroxyl groups is 1. The summed E-state index contributed by atoms with van der Waals surface area (Å²) in [6.45, 7) is 7.09. The molecule has 5 heterocycles. The van der Waals surface area contributed by atoms with E-state index in [2.05, 4.69) is 18.7 Å². The third kappa shape index (κ3) is 2.06. The molecule has 8 atom stereocenters. The third-order valence-electron chi connectivity index (χ3n) is 8.12. The third-order valence-corrected chi connectivity index (χ3v) is 8.12. The lowest BCUT2D eigenvalue weighted by atomic mass is 9.68. The highest BCUT2D eigenvalue weighted by molar-refractivity contribution is 5.93. The molecular formula is C22H31NO5. The molecule has 0 radical (unpaired) electrons. The number of hydrogen-bond acceptors (Lipinski definition) is 6. The van der Waals surface area contributed by atoms with Gasteiger partial charge in [0.15, 0.2) is 17.3 Å². The van der Waals surface area contributed by atoms with Gasteiger partial charge in [-0.25, -0.2) is 4.79 Å². The predicted octanol–water partition coefficient (Wildman–Crippen LogP) is 2.72. The molecule has 4 saturated heterocycles. The largest absolute Gasteiger partial charge is 0.492 e. The topological polar surface area (TPSA) is 68.2 Å². The quantitative estimate of drug-likeness (QED) is 0.705. The first-order valence-corrected chi connectivity index (χ1v) is 10.7. The maximum atomic E-state index is 11.9. The van der Waals surface area contributed by atoms with Gasteiger partial charge in [0.1, 0.15) is 0 Å². The Morgan fingerprint density at radius 2 is 2.25 bits per heavy atom. The molecule has 154 valence electrons. The summed E-state index contributed by atoms with van der Waals surface area (Å²) >= 11 is 0. The van der Waals surface area contributed by atoms with Crippen molar-refractivity contribution >= 4 is 5.97 Å². The average Bonchev–Trinajstić information content (AvgIpc) is 3.27. The molecule has 5 bridgehead atoms.